The van der Waals surface area contributed by atoms with Gasteiger partial charge in [0.15, 0.2) is 11.5 Å². The molecule has 1 amide bonds. The van der Waals surface area contributed by atoms with Gasteiger partial charge in [-0.05, 0) is 49.2 Å². The van der Waals surface area contributed by atoms with E-state index in [9.17, 15) is 18.9 Å². The third-order valence-electron chi connectivity index (χ3n) is 5.08. The number of benzene rings is 2. The van der Waals surface area contributed by atoms with E-state index < -0.39 is 28.7 Å². The number of carbonyl (C=O) groups excluding carboxylic acids is 1. The second-order valence-electron chi connectivity index (χ2n) is 7.10. The summed E-state index contributed by atoms with van der Waals surface area (Å²) >= 11 is -2.54. The van der Waals surface area contributed by atoms with Crippen LogP contribution in [0, 0.1) is 5.41 Å². The molecule has 0 saturated heterocycles. The highest BCUT2D eigenvalue weighted by atomic mass is 32.2. The van der Waals surface area contributed by atoms with Crippen molar-refractivity contribution in [1.82, 2.24) is 4.98 Å². The van der Waals surface area contributed by atoms with Crippen molar-refractivity contribution in [2.24, 2.45) is 5.41 Å². The number of nitrogens with zero attached hydrogens (tertiary/aromatic N) is 1. The first-order valence-electron chi connectivity index (χ1n) is 9.41. The molecule has 1 atom stereocenters. The van der Waals surface area contributed by atoms with Crippen molar-refractivity contribution in [3.8, 4) is 23.0 Å². The van der Waals surface area contributed by atoms with Gasteiger partial charge in [-0.1, -0.05) is 0 Å². The first-order valence-corrected chi connectivity index (χ1v) is 10.4. The lowest BCUT2D eigenvalue weighted by Gasteiger charge is -2.13. The monoisotopic (exact) mass is 458 g/mol. The number of hydrogen-bond donors (Lipinski definition) is 3. The van der Waals surface area contributed by atoms with Crippen LogP contribution in [0.5, 0.6) is 23.0 Å². The van der Waals surface area contributed by atoms with Crippen molar-refractivity contribution in [3.63, 3.8) is 0 Å². The molecule has 1 aliphatic carbocycles. The van der Waals surface area contributed by atoms with Gasteiger partial charge in [0.05, 0.1) is 12.6 Å². The summed E-state index contributed by atoms with van der Waals surface area (Å²) in [6.07, 6.45) is 2.19. The van der Waals surface area contributed by atoms with Gasteiger partial charge < -0.3 is 24.1 Å². The number of amides is 1. The Kier molecular flexibility index (Phi) is 5.68. The van der Waals surface area contributed by atoms with Crippen LogP contribution in [0.2, 0.25) is 0 Å². The molecule has 10 nitrogen and oxygen atoms in total. The molecule has 1 saturated carbocycles. The lowest BCUT2D eigenvalue weighted by Crippen LogP contribution is -2.31. The first kappa shape index (κ1) is 21.5. The SMILES string of the molecule is COc1cc2nccc(Oc3ccc(NC(=O)C4(C(=O)O)CC4)cc3)c2cc1OS(=O)O. The van der Waals surface area contributed by atoms with Crippen LogP contribution in [0.4, 0.5) is 5.69 Å². The third kappa shape index (κ3) is 4.20. The maximum Gasteiger partial charge on any atom is 0.357 e. The molecule has 1 heterocycles. The lowest BCUT2D eigenvalue weighted by molar-refractivity contribution is -0.147. The van der Waals surface area contributed by atoms with Crippen LogP contribution in [-0.4, -0.2) is 37.8 Å². The number of carbonyl (C=O) groups is 2. The number of fused-ring (bicyclic) bond motifs is 1. The number of nitrogens with one attached hydrogen (secondary N) is 1. The zero-order chi connectivity index (χ0) is 22.9. The van der Waals surface area contributed by atoms with E-state index in [1.165, 1.54) is 19.4 Å². The fraction of sp³-hybridized carbons (Fsp3) is 0.190. The Morgan fingerprint density at radius 2 is 1.81 bits per heavy atom. The summed E-state index contributed by atoms with van der Waals surface area (Å²) in [5, 5.41) is 12.3. The van der Waals surface area contributed by atoms with Crippen LogP contribution in [0.3, 0.4) is 0 Å². The Morgan fingerprint density at radius 1 is 1.09 bits per heavy atom. The normalized spacial score (nSPS) is 14.9. The quantitative estimate of drug-likeness (QED) is 0.342. The highest BCUT2D eigenvalue weighted by Gasteiger charge is 2.57. The van der Waals surface area contributed by atoms with E-state index in [2.05, 4.69) is 10.3 Å². The van der Waals surface area contributed by atoms with Crippen LogP contribution < -0.4 is 19.0 Å². The van der Waals surface area contributed by atoms with Crippen molar-refractivity contribution in [2.45, 2.75) is 12.8 Å². The van der Waals surface area contributed by atoms with Crippen LogP contribution >= 0.6 is 0 Å². The molecular weight excluding hydrogens is 440 g/mol. The van der Waals surface area contributed by atoms with Gasteiger partial charge in [0, 0.05) is 23.3 Å². The number of methoxy groups -OCH3 is 1. The molecule has 32 heavy (non-hydrogen) atoms. The van der Waals surface area contributed by atoms with E-state index in [1.54, 1.807) is 36.4 Å². The van der Waals surface area contributed by atoms with Gasteiger partial charge in [-0.2, -0.15) is 4.21 Å². The van der Waals surface area contributed by atoms with E-state index in [4.69, 9.17) is 18.2 Å². The van der Waals surface area contributed by atoms with Gasteiger partial charge >= 0.3 is 17.3 Å². The highest BCUT2D eigenvalue weighted by molar-refractivity contribution is 7.74. The second kappa shape index (κ2) is 8.44. The number of carboxylic acids is 1. The van der Waals surface area contributed by atoms with Gasteiger partial charge in [-0.3, -0.25) is 19.1 Å². The topological polar surface area (TPSA) is 144 Å². The number of pyridine rings is 1. The average molecular weight is 458 g/mol. The number of rotatable bonds is 8. The van der Waals surface area contributed by atoms with Gasteiger partial charge in [0.25, 0.3) is 0 Å². The molecule has 1 fully saturated rings. The fourth-order valence-electron chi connectivity index (χ4n) is 3.17. The molecule has 1 aliphatic rings. The third-order valence-corrected chi connectivity index (χ3v) is 5.40. The summed E-state index contributed by atoms with van der Waals surface area (Å²) in [5.74, 6) is -0.528. The molecule has 0 radical (unpaired) electrons. The molecule has 0 bridgehead atoms. The van der Waals surface area contributed by atoms with Crippen LogP contribution in [0.25, 0.3) is 10.9 Å². The van der Waals surface area contributed by atoms with Gasteiger partial charge in [-0.25, -0.2) is 0 Å². The average Bonchev–Trinajstić information content (AvgIpc) is 3.57. The summed E-state index contributed by atoms with van der Waals surface area (Å²) in [4.78, 5) is 27.8. The molecule has 2 aromatic carbocycles. The van der Waals surface area contributed by atoms with Gasteiger partial charge in [0.2, 0.25) is 5.91 Å². The van der Waals surface area contributed by atoms with E-state index >= 15 is 0 Å². The standard InChI is InChI=1S/C21H18N2O8S/c1-29-17-11-15-14(10-18(17)31-32(27)28)16(6-9-22-15)30-13-4-2-12(3-5-13)23-19(24)21(7-8-21)20(25)26/h2-6,9-11H,7-8H2,1H3,(H,23,24)(H,25,26)(H,27,28). The highest BCUT2D eigenvalue weighted by Crippen LogP contribution is 2.46. The Hall–Kier alpha value is -3.70. The largest absolute Gasteiger partial charge is 0.493 e. The Bertz CT molecular complexity index is 1220. The van der Waals surface area contributed by atoms with Crippen molar-refractivity contribution >= 4 is 39.8 Å². The van der Waals surface area contributed by atoms with E-state index in [0.29, 0.717) is 40.9 Å². The van der Waals surface area contributed by atoms with Gasteiger partial charge in [0.1, 0.15) is 16.9 Å². The van der Waals surface area contributed by atoms with Gasteiger partial charge in [-0.15, -0.1) is 0 Å². The summed E-state index contributed by atoms with van der Waals surface area (Å²) in [6, 6.07) is 11.1. The molecule has 11 heteroatoms. The molecule has 1 unspecified atom stereocenters. The van der Waals surface area contributed by atoms with Crippen molar-refractivity contribution in [2.75, 3.05) is 12.4 Å². The lowest BCUT2D eigenvalue weighted by atomic mass is 10.1. The minimum atomic E-state index is -2.54. The van der Waals surface area contributed by atoms with Crippen molar-refractivity contribution in [1.29, 1.82) is 0 Å². The zero-order valence-electron chi connectivity index (χ0n) is 16.7. The Labute approximate surface area is 184 Å². The Balaban J connectivity index is 1.56. The predicted molar refractivity (Wildman–Crippen MR) is 114 cm³/mol. The summed E-state index contributed by atoms with van der Waals surface area (Å²) in [7, 11) is 1.40. The van der Waals surface area contributed by atoms with Crippen LogP contribution in [-0.2, 0) is 21.0 Å². The maximum atomic E-state index is 12.2. The second-order valence-corrected chi connectivity index (χ2v) is 7.70. The molecule has 0 spiro atoms. The van der Waals surface area contributed by atoms with Crippen LogP contribution in [0.1, 0.15) is 12.8 Å². The van der Waals surface area contributed by atoms with Crippen molar-refractivity contribution < 1.29 is 37.1 Å². The number of aromatic nitrogens is 1. The number of aliphatic carboxylic acids is 1. The van der Waals surface area contributed by atoms with E-state index in [0.717, 1.165) is 0 Å². The molecule has 166 valence electrons. The Morgan fingerprint density at radius 3 is 2.41 bits per heavy atom. The smallest absolute Gasteiger partial charge is 0.357 e. The summed E-state index contributed by atoms with van der Waals surface area (Å²) < 4.78 is 36.1. The first-order chi connectivity index (χ1) is 15.3. The molecule has 3 aromatic rings. The van der Waals surface area contributed by atoms with E-state index in [1.807, 2.05) is 0 Å². The van der Waals surface area contributed by atoms with Crippen molar-refractivity contribution in [3.05, 3.63) is 48.7 Å². The van der Waals surface area contributed by atoms with E-state index in [-0.39, 0.29) is 11.5 Å². The summed E-state index contributed by atoms with van der Waals surface area (Å²) in [6.45, 7) is 0. The number of ether oxygens (including phenoxy) is 2. The minimum absolute atomic E-state index is 0.0455. The fourth-order valence-corrected chi connectivity index (χ4v) is 3.45. The minimum Gasteiger partial charge on any atom is -0.493 e. The van der Waals surface area contributed by atoms with Crippen LogP contribution in [0.15, 0.2) is 48.7 Å². The number of anilines is 1. The summed E-state index contributed by atoms with van der Waals surface area (Å²) in [5.41, 5.74) is -0.368. The molecule has 4 rings (SSSR count). The predicted octanol–water partition coefficient (Wildman–Crippen LogP) is 3.35. The molecule has 1 aromatic heterocycles. The molecule has 3 N–H and O–H groups in total. The zero-order valence-corrected chi connectivity index (χ0v) is 17.5. The number of carboxylic acid groups (broad SMARTS) is 1. The number of hydrogen-bond acceptors (Lipinski definition) is 7. The molecule has 0 aliphatic heterocycles. The maximum absolute atomic E-state index is 12.2. The molecular formula is C21H18N2O8S.